The molecular weight excluding hydrogens is 170 g/mol. The Labute approximate surface area is 76.5 Å². The number of rotatable bonds is 4. The minimum atomic E-state index is -1.31. The second kappa shape index (κ2) is 4.69. The molecule has 0 saturated heterocycles. The highest BCUT2D eigenvalue weighted by atomic mass is 16.5. The normalized spacial score (nSPS) is 10.4. The van der Waals surface area contributed by atoms with Crippen molar-refractivity contribution in [2.75, 3.05) is 11.9 Å². The number of aliphatic hydroxyl groups excluding tert-OH is 1. The third-order valence-corrected chi connectivity index (χ3v) is 1.62. The SMILES string of the molecule is Oc1ccccc1NCCC(O)O. The van der Waals surface area contributed by atoms with E-state index in [2.05, 4.69) is 5.32 Å². The Kier molecular flexibility index (Phi) is 3.54. The van der Waals surface area contributed by atoms with Crippen LogP contribution in [0.25, 0.3) is 0 Å². The van der Waals surface area contributed by atoms with Crippen molar-refractivity contribution in [2.45, 2.75) is 12.7 Å². The Bertz CT molecular complexity index is 263. The average molecular weight is 183 g/mol. The van der Waals surface area contributed by atoms with Crippen LogP contribution in [0.15, 0.2) is 24.3 Å². The molecule has 0 fully saturated rings. The topological polar surface area (TPSA) is 72.7 Å². The molecule has 0 atom stereocenters. The molecule has 0 aliphatic heterocycles. The van der Waals surface area contributed by atoms with Crippen molar-refractivity contribution in [1.29, 1.82) is 0 Å². The Morgan fingerprint density at radius 2 is 1.92 bits per heavy atom. The summed E-state index contributed by atoms with van der Waals surface area (Å²) in [6.07, 6.45) is -1.08. The average Bonchev–Trinajstić information content (AvgIpc) is 2.08. The van der Waals surface area contributed by atoms with E-state index in [4.69, 9.17) is 10.2 Å². The van der Waals surface area contributed by atoms with Gasteiger partial charge in [-0.25, -0.2) is 0 Å². The zero-order valence-corrected chi connectivity index (χ0v) is 7.14. The highest BCUT2D eigenvalue weighted by Crippen LogP contribution is 2.21. The maximum atomic E-state index is 9.29. The third-order valence-electron chi connectivity index (χ3n) is 1.62. The van der Waals surface area contributed by atoms with E-state index in [1.54, 1.807) is 24.3 Å². The van der Waals surface area contributed by atoms with E-state index < -0.39 is 6.29 Å². The predicted molar refractivity (Wildman–Crippen MR) is 49.4 cm³/mol. The largest absolute Gasteiger partial charge is 0.506 e. The van der Waals surface area contributed by atoms with Gasteiger partial charge in [-0.1, -0.05) is 12.1 Å². The molecule has 4 N–H and O–H groups in total. The van der Waals surface area contributed by atoms with Gasteiger partial charge >= 0.3 is 0 Å². The number of benzene rings is 1. The van der Waals surface area contributed by atoms with Gasteiger partial charge < -0.3 is 20.6 Å². The molecule has 1 aromatic carbocycles. The lowest BCUT2D eigenvalue weighted by Crippen LogP contribution is -2.12. The molecule has 4 heteroatoms. The van der Waals surface area contributed by atoms with Crippen molar-refractivity contribution in [3.8, 4) is 5.75 Å². The molecule has 0 bridgehead atoms. The summed E-state index contributed by atoms with van der Waals surface area (Å²) in [5.74, 6) is 0.162. The molecule has 1 rings (SSSR count). The van der Waals surface area contributed by atoms with Crippen molar-refractivity contribution in [2.24, 2.45) is 0 Å². The third kappa shape index (κ3) is 3.31. The molecule has 0 aromatic heterocycles. The van der Waals surface area contributed by atoms with Crippen molar-refractivity contribution >= 4 is 5.69 Å². The summed E-state index contributed by atoms with van der Waals surface area (Å²) in [4.78, 5) is 0. The zero-order chi connectivity index (χ0) is 9.68. The van der Waals surface area contributed by atoms with Crippen LogP contribution in [0, 0.1) is 0 Å². The van der Waals surface area contributed by atoms with Gasteiger partial charge in [0.2, 0.25) is 0 Å². The van der Waals surface area contributed by atoms with E-state index in [9.17, 15) is 5.11 Å². The molecule has 0 amide bonds. The summed E-state index contributed by atoms with van der Waals surface area (Å²) < 4.78 is 0. The van der Waals surface area contributed by atoms with Crippen molar-refractivity contribution < 1.29 is 15.3 Å². The molecule has 1 aromatic rings. The summed E-state index contributed by atoms with van der Waals surface area (Å²) >= 11 is 0. The van der Waals surface area contributed by atoms with Crippen LogP contribution in [0.2, 0.25) is 0 Å². The van der Waals surface area contributed by atoms with Crippen LogP contribution in [-0.4, -0.2) is 28.2 Å². The van der Waals surface area contributed by atoms with Gasteiger partial charge in [0.1, 0.15) is 5.75 Å². The van der Waals surface area contributed by atoms with Crippen molar-refractivity contribution in [3.05, 3.63) is 24.3 Å². The lowest BCUT2D eigenvalue weighted by molar-refractivity contribution is -0.0423. The van der Waals surface area contributed by atoms with Crippen LogP contribution in [0.4, 0.5) is 5.69 Å². The van der Waals surface area contributed by atoms with Gasteiger partial charge in [-0.15, -0.1) is 0 Å². The summed E-state index contributed by atoms with van der Waals surface area (Å²) in [6.45, 7) is 0.412. The molecule has 0 spiro atoms. The van der Waals surface area contributed by atoms with Crippen LogP contribution >= 0.6 is 0 Å². The quantitative estimate of drug-likeness (QED) is 0.405. The van der Waals surface area contributed by atoms with Crippen LogP contribution in [0.3, 0.4) is 0 Å². The summed E-state index contributed by atoms with van der Waals surface area (Å²) in [6, 6.07) is 6.80. The lowest BCUT2D eigenvalue weighted by Gasteiger charge is -2.08. The van der Waals surface area contributed by atoms with E-state index in [1.807, 2.05) is 0 Å². The Morgan fingerprint density at radius 3 is 2.54 bits per heavy atom. The minimum absolute atomic E-state index is 0.162. The number of hydrogen-bond donors (Lipinski definition) is 4. The summed E-state index contributed by atoms with van der Waals surface area (Å²) in [7, 11) is 0. The van der Waals surface area contributed by atoms with E-state index in [0.717, 1.165) is 0 Å². The second-order valence-electron chi connectivity index (χ2n) is 2.71. The minimum Gasteiger partial charge on any atom is -0.506 e. The number of hydrogen-bond acceptors (Lipinski definition) is 4. The molecule has 0 unspecified atom stereocenters. The van der Waals surface area contributed by atoms with Gasteiger partial charge in [0.05, 0.1) is 5.69 Å². The summed E-state index contributed by atoms with van der Waals surface area (Å²) in [5, 5.41) is 29.3. The van der Waals surface area contributed by atoms with Crippen LogP contribution in [-0.2, 0) is 0 Å². The standard InChI is InChI=1S/C9H13NO3/c11-8-4-2-1-3-7(8)10-6-5-9(12)13/h1-4,9-13H,5-6H2. The van der Waals surface area contributed by atoms with E-state index in [-0.39, 0.29) is 12.2 Å². The fraction of sp³-hybridized carbons (Fsp3) is 0.333. The van der Waals surface area contributed by atoms with E-state index >= 15 is 0 Å². The Balaban J connectivity index is 2.41. The zero-order valence-electron chi connectivity index (χ0n) is 7.14. The Hall–Kier alpha value is -1.26. The number of phenols is 1. The number of para-hydroxylation sites is 2. The maximum Gasteiger partial charge on any atom is 0.153 e. The number of nitrogens with one attached hydrogen (secondary N) is 1. The number of aliphatic hydroxyl groups is 2. The van der Waals surface area contributed by atoms with Crippen molar-refractivity contribution in [3.63, 3.8) is 0 Å². The molecule has 13 heavy (non-hydrogen) atoms. The predicted octanol–water partition coefficient (Wildman–Crippen LogP) is 0.505. The van der Waals surface area contributed by atoms with Gasteiger partial charge in [0.15, 0.2) is 6.29 Å². The molecule has 0 radical (unpaired) electrons. The fourth-order valence-electron chi connectivity index (χ4n) is 0.959. The van der Waals surface area contributed by atoms with Gasteiger partial charge in [-0.2, -0.15) is 0 Å². The molecule has 0 heterocycles. The number of phenolic OH excluding ortho intramolecular Hbond substituents is 1. The molecule has 0 aliphatic carbocycles. The fourth-order valence-corrected chi connectivity index (χ4v) is 0.959. The number of anilines is 1. The van der Waals surface area contributed by atoms with Crippen LogP contribution < -0.4 is 5.32 Å². The van der Waals surface area contributed by atoms with Crippen LogP contribution in [0.5, 0.6) is 5.75 Å². The summed E-state index contributed by atoms with van der Waals surface area (Å²) in [5.41, 5.74) is 0.600. The van der Waals surface area contributed by atoms with Gasteiger partial charge in [-0.3, -0.25) is 0 Å². The van der Waals surface area contributed by atoms with Crippen molar-refractivity contribution in [1.82, 2.24) is 0 Å². The first-order valence-corrected chi connectivity index (χ1v) is 4.08. The first-order valence-electron chi connectivity index (χ1n) is 4.08. The van der Waals surface area contributed by atoms with Gasteiger partial charge in [0.25, 0.3) is 0 Å². The van der Waals surface area contributed by atoms with Gasteiger partial charge in [-0.05, 0) is 12.1 Å². The highest BCUT2D eigenvalue weighted by molar-refractivity contribution is 5.54. The Morgan fingerprint density at radius 1 is 1.23 bits per heavy atom. The molecule has 72 valence electrons. The van der Waals surface area contributed by atoms with E-state index in [0.29, 0.717) is 12.2 Å². The molecule has 4 nitrogen and oxygen atoms in total. The van der Waals surface area contributed by atoms with Crippen LogP contribution in [0.1, 0.15) is 6.42 Å². The van der Waals surface area contributed by atoms with E-state index in [1.165, 1.54) is 0 Å². The molecular formula is C9H13NO3. The molecule has 0 saturated carbocycles. The first-order chi connectivity index (χ1) is 6.20. The maximum absolute atomic E-state index is 9.29. The second-order valence-corrected chi connectivity index (χ2v) is 2.71. The first kappa shape index (κ1) is 9.83. The monoisotopic (exact) mass is 183 g/mol. The number of aromatic hydroxyl groups is 1. The van der Waals surface area contributed by atoms with Gasteiger partial charge in [0, 0.05) is 13.0 Å². The highest BCUT2D eigenvalue weighted by Gasteiger charge is 1.99. The lowest BCUT2D eigenvalue weighted by atomic mass is 10.3. The molecule has 0 aliphatic rings. The smallest absolute Gasteiger partial charge is 0.153 e.